The summed E-state index contributed by atoms with van der Waals surface area (Å²) in [5, 5.41) is 3.89. The van der Waals surface area contributed by atoms with E-state index < -0.39 is 9.84 Å². The van der Waals surface area contributed by atoms with Crippen LogP contribution in [-0.4, -0.2) is 19.6 Å². The molecule has 1 N–H and O–H groups in total. The van der Waals surface area contributed by atoms with Crippen molar-refractivity contribution < 1.29 is 8.42 Å². The highest BCUT2D eigenvalue weighted by Gasteiger charge is 2.24. The first kappa shape index (κ1) is 7.79. The van der Waals surface area contributed by atoms with Gasteiger partial charge in [-0.05, 0) is 19.3 Å². The first-order chi connectivity index (χ1) is 5.68. The summed E-state index contributed by atoms with van der Waals surface area (Å²) in [5.74, 6) is 0. The molecule has 12 heavy (non-hydrogen) atoms. The molecule has 0 aromatic carbocycles. The van der Waals surface area contributed by atoms with Gasteiger partial charge in [0.2, 0.25) is 15.0 Å². The third kappa shape index (κ3) is 1.24. The maximum absolute atomic E-state index is 11.2. The van der Waals surface area contributed by atoms with Crippen LogP contribution in [0.2, 0.25) is 0 Å². The van der Waals surface area contributed by atoms with Crippen molar-refractivity contribution in [2.24, 2.45) is 4.99 Å². The number of amidine groups is 1. The summed E-state index contributed by atoms with van der Waals surface area (Å²) in [6.07, 6.45) is 4.60. The smallest absolute Gasteiger partial charge is 0.234 e. The lowest BCUT2D eigenvalue weighted by molar-refractivity contribution is 0.420. The number of hydrogen-bond acceptors (Lipinski definition) is 3. The lowest BCUT2D eigenvalue weighted by Crippen LogP contribution is -2.25. The maximum Gasteiger partial charge on any atom is 0.234 e. The highest BCUT2D eigenvalue weighted by atomic mass is 32.2. The number of nitrogens with zero attached hydrogens (tertiary/aromatic N) is 1. The van der Waals surface area contributed by atoms with E-state index >= 15 is 0 Å². The Balaban J connectivity index is 2.19. The molecule has 1 aliphatic heterocycles. The Bertz CT molecular complexity index is 338. The molecular formula is C7H10N2O2S. The van der Waals surface area contributed by atoms with Gasteiger partial charge in [0.25, 0.3) is 0 Å². The SMILES string of the molecule is O=S1(=O)C=CNC1=NC1CCC1. The standard InChI is InChI=1S/C7H10N2O2S/c10-12(11)5-4-8-7(12)9-6-2-1-3-6/h4-6H,1-3H2,(H,8,9). The molecule has 0 aromatic heterocycles. The molecule has 5 heteroatoms. The second-order valence-corrected chi connectivity index (χ2v) is 4.76. The molecule has 1 heterocycles. The van der Waals surface area contributed by atoms with Crippen molar-refractivity contribution in [1.82, 2.24) is 5.32 Å². The van der Waals surface area contributed by atoms with Gasteiger partial charge < -0.3 is 5.32 Å². The van der Waals surface area contributed by atoms with Crippen LogP contribution < -0.4 is 5.32 Å². The Labute approximate surface area is 71.3 Å². The lowest BCUT2D eigenvalue weighted by Gasteiger charge is -2.21. The number of sulfone groups is 1. The second-order valence-electron chi connectivity index (χ2n) is 3.01. The van der Waals surface area contributed by atoms with Crippen molar-refractivity contribution >= 4 is 15.0 Å². The van der Waals surface area contributed by atoms with Crippen LogP contribution in [0.1, 0.15) is 19.3 Å². The van der Waals surface area contributed by atoms with E-state index in [1.807, 2.05) is 0 Å². The van der Waals surface area contributed by atoms with Crippen LogP contribution in [0.4, 0.5) is 0 Å². The van der Waals surface area contributed by atoms with E-state index in [4.69, 9.17) is 0 Å². The average molecular weight is 186 g/mol. The molecule has 0 saturated heterocycles. The van der Waals surface area contributed by atoms with Gasteiger partial charge in [-0.3, -0.25) is 4.99 Å². The average Bonchev–Trinajstić information content (AvgIpc) is 2.21. The maximum atomic E-state index is 11.2. The summed E-state index contributed by atoms with van der Waals surface area (Å²) in [7, 11) is -3.20. The van der Waals surface area contributed by atoms with Crippen molar-refractivity contribution in [3.63, 3.8) is 0 Å². The largest absolute Gasteiger partial charge is 0.336 e. The topological polar surface area (TPSA) is 58.5 Å². The molecule has 2 aliphatic rings. The Kier molecular flexibility index (Phi) is 1.68. The van der Waals surface area contributed by atoms with Gasteiger partial charge in [0.1, 0.15) is 0 Å². The molecule has 0 aromatic rings. The van der Waals surface area contributed by atoms with E-state index in [0.29, 0.717) is 0 Å². The van der Waals surface area contributed by atoms with Crippen LogP contribution in [0.5, 0.6) is 0 Å². The molecule has 0 amide bonds. The van der Waals surface area contributed by atoms with Crippen LogP contribution in [0.15, 0.2) is 16.6 Å². The third-order valence-corrected chi connectivity index (χ3v) is 3.35. The molecule has 1 saturated carbocycles. The molecule has 4 nitrogen and oxygen atoms in total. The van der Waals surface area contributed by atoms with Crippen molar-refractivity contribution in [3.8, 4) is 0 Å². The fraction of sp³-hybridized carbons (Fsp3) is 0.571. The first-order valence-electron chi connectivity index (χ1n) is 3.94. The Morgan fingerprint density at radius 2 is 2.25 bits per heavy atom. The number of nitrogens with one attached hydrogen (secondary N) is 1. The van der Waals surface area contributed by atoms with Gasteiger partial charge in [-0.2, -0.15) is 0 Å². The highest BCUT2D eigenvalue weighted by molar-refractivity contribution is 8.09. The molecule has 2 rings (SSSR count). The van der Waals surface area contributed by atoms with Crippen LogP contribution >= 0.6 is 0 Å². The number of hydrogen-bond donors (Lipinski definition) is 1. The normalized spacial score (nSPS) is 30.2. The fourth-order valence-corrected chi connectivity index (χ4v) is 2.04. The van der Waals surface area contributed by atoms with E-state index in [0.717, 1.165) is 24.7 Å². The minimum Gasteiger partial charge on any atom is -0.336 e. The zero-order valence-electron chi connectivity index (χ0n) is 6.53. The Morgan fingerprint density at radius 1 is 1.50 bits per heavy atom. The summed E-state index contributed by atoms with van der Waals surface area (Å²) >= 11 is 0. The second kappa shape index (κ2) is 2.58. The van der Waals surface area contributed by atoms with E-state index in [1.165, 1.54) is 6.20 Å². The minimum absolute atomic E-state index is 0.118. The molecule has 0 spiro atoms. The Morgan fingerprint density at radius 3 is 2.67 bits per heavy atom. The quantitative estimate of drug-likeness (QED) is 0.644. The highest BCUT2D eigenvalue weighted by Crippen LogP contribution is 2.22. The number of rotatable bonds is 1. The molecule has 0 atom stereocenters. The van der Waals surface area contributed by atoms with Crippen molar-refractivity contribution in [3.05, 3.63) is 11.6 Å². The lowest BCUT2D eigenvalue weighted by atomic mass is 9.94. The van der Waals surface area contributed by atoms with Crippen LogP contribution in [-0.2, 0) is 9.84 Å². The van der Waals surface area contributed by atoms with E-state index in [2.05, 4.69) is 10.3 Å². The summed E-state index contributed by atoms with van der Waals surface area (Å²) in [6, 6.07) is 0.224. The molecule has 0 unspecified atom stereocenters. The summed E-state index contributed by atoms with van der Waals surface area (Å²) < 4.78 is 22.3. The predicted octanol–water partition coefficient (Wildman–Crippen LogP) is 0.384. The van der Waals surface area contributed by atoms with E-state index in [-0.39, 0.29) is 11.2 Å². The fourth-order valence-electron chi connectivity index (χ4n) is 1.13. The van der Waals surface area contributed by atoms with Gasteiger partial charge >= 0.3 is 0 Å². The van der Waals surface area contributed by atoms with Gasteiger partial charge in [0.05, 0.1) is 11.4 Å². The molecular weight excluding hydrogens is 176 g/mol. The van der Waals surface area contributed by atoms with Gasteiger partial charge in [0, 0.05) is 6.20 Å². The molecule has 66 valence electrons. The van der Waals surface area contributed by atoms with Crippen molar-refractivity contribution in [2.45, 2.75) is 25.3 Å². The predicted molar refractivity (Wildman–Crippen MR) is 46.3 cm³/mol. The van der Waals surface area contributed by atoms with Gasteiger partial charge in [0.15, 0.2) is 0 Å². The first-order valence-corrected chi connectivity index (χ1v) is 5.49. The zero-order valence-corrected chi connectivity index (χ0v) is 7.34. The van der Waals surface area contributed by atoms with Gasteiger partial charge in [-0.25, -0.2) is 8.42 Å². The van der Waals surface area contributed by atoms with Crippen molar-refractivity contribution in [2.75, 3.05) is 0 Å². The van der Waals surface area contributed by atoms with Crippen molar-refractivity contribution in [1.29, 1.82) is 0 Å². The van der Waals surface area contributed by atoms with Gasteiger partial charge in [-0.15, -0.1) is 0 Å². The van der Waals surface area contributed by atoms with Crippen LogP contribution in [0.3, 0.4) is 0 Å². The van der Waals surface area contributed by atoms with Gasteiger partial charge in [-0.1, -0.05) is 0 Å². The molecule has 0 bridgehead atoms. The Hall–Kier alpha value is -0.840. The summed E-state index contributed by atoms with van der Waals surface area (Å²) in [6.45, 7) is 0. The van der Waals surface area contributed by atoms with Crippen LogP contribution in [0.25, 0.3) is 0 Å². The third-order valence-electron chi connectivity index (χ3n) is 2.10. The minimum atomic E-state index is -3.20. The summed E-state index contributed by atoms with van der Waals surface area (Å²) in [4.78, 5) is 4.09. The summed E-state index contributed by atoms with van der Waals surface area (Å²) in [5.41, 5.74) is 0. The molecule has 0 radical (unpaired) electrons. The zero-order chi connectivity index (χ0) is 8.60. The van der Waals surface area contributed by atoms with E-state index in [9.17, 15) is 8.42 Å². The number of aliphatic imine (C=N–C) groups is 1. The molecule has 1 aliphatic carbocycles. The van der Waals surface area contributed by atoms with E-state index in [1.54, 1.807) is 0 Å². The molecule has 1 fully saturated rings. The monoisotopic (exact) mass is 186 g/mol. The van der Waals surface area contributed by atoms with Crippen LogP contribution in [0, 0.1) is 0 Å².